The molecular weight excluding hydrogens is 380 g/mol. The van der Waals surface area contributed by atoms with E-state index in [0.717, 1.165) is 6.04 Å². The second kappa shape index (κ2) is 17.5. The van der Waals surface area contributed by atoms with Crippen molar-refractivity contribution in [2.75, 3.05) is 34.0 Å². The second-order valence-corrected chi connectivity index (χ2v) is 19.5. The SMILES string of the molecule is CCC.CCO[Si](CC[Si](C)(C)C)(OCC)OCC.CO[Si](C)(C)OC. The summed E-state index contributed by atoms with van der Waals surface area (Å²) in [5.41, 5.74) is 0. The van der Waals surface area contributed by atoms with Gasteiger partial charge in [0.25, 0.3) is 0 Å². The van der Waals surface area contributed by atoms with Gasteiger partial charge in [-0.1, -0.05) is 46.0 Å². The minimum atomic E-state index is -2.37. The molecule has 0 unspecified atom stereocenters. The summed E-state index contributed by atoms with van der Waals surface area (Å²) in [6.07, 6.45) is 1.25. The topological polar surface area (TPSA) is 46.2 Å². The summed E-state index contributed by atoms with van der Waals surface area (Å²) in [6.45, 7) is 23.4. The highest BCUT2D eigenvalue weighted by Gasteiger charge is 2.41. The minimum Gasteiger partial charge on any atom is -0.398 e. The molecule has 0 rings (SSSR count). The fourth-order valence-electron chi connectivity index (χ4n) is 1.61. The molecule has 8 heteroatoms. The molecule has 0 heterocycles. The molecule has 0 aliphatic carbocycles. The van der Waals surface area contributed by atoms with Crippen LogP contribution in [0.15, 0.2) is 0 Å². The summed E-state index contributed by atoms with van der Waals surface area (Å²) in [4.78, 5) is 0. The summed E-state index contributed by atoms with van der Waals surface area (Å²) in [5, 5.41) is 0. The smallest absolute Gasteiger partial charge is 0.398 e. The standard InChI is InChI=1S/C11H28O3Si2.C4H12O2Si.C3H8/c1-7-12-16(13-8-2,14-9-3)11-10-15(4,5)6;1-5-7(3,4)6-2;1-3-2/h7-11H2,1-6H3;1-4H3;3H2,1-2H3. The van der Waals surface area contributed by atoms with Gasteiger partial charge >= 0.3 is 17.4 Å². The van der Waals surface area contributed by atoms with E-state index < -0.39 is 25.4 Å². The average molecular weight is 429 g/mol. The first kappa shape index (κ1) is 31.2. The highest BCUT2D eigenvalue weighted by atomic mass is 28.4. The van der Waals surface area contributed by atoms with Crippen LogP contribution in [0.1, 0.15) is 41.0 Å². The van der Waals surface area contributed by atoms with E-state index in [0.29, 0.717) is 19.8 Å². The van der Waals surface area contributed by atoms with E-state index in [-0.39, 0.29) is 0 Å². The highest BCUT2D eigenvalue weighted by molar-refractivity contribution is 6.77. The molecule has 0 aliphatic rings. The van der Waals surface area contributed by atoms with Gasteiger partial charge in [0.2, 0.25) is 0 Å². The van der Waals surface area contributed by atoms with Crippen molar-refractivity contribution >= 4 is 25.4 Å². The molecule has 0 aliphatic heterocycles. The molecular formula is C18H48O5Si3. The fourth-order valence-corrected chi connectivity index (χ4v) is 8.01. The molecule has 0 N–H and O–H groups in total. The van der Waals surface area contributed by atoms with Crippen LogP contribution < -0.4 is 0 Å². The summed E-state index contributed by atoms with van der Waals surface area (Å²) in [7, 11) is -1.73. The van der Waals surface area contributed by atoms with E-state index in [2.05, 4.69) is 33.5 Å². The van der Waals surface area contributed by atoms with Gasteiger partial charge in [0.1, 0.15) is 0 Å². The third-order valence-electron chi connectivity index (χ3n) is 3.26. The summed E-state index contributed by atoms with van der Waals surface area (Å²) >= 11 is 0. The Kier molecular flexibility index (Phi) is 21.0. The van der Waals surface area contributed by atoms with Crippen LogP contribution in [0.25, 0.3) is 0 Å². The highest BCUT2D eigenvalue weighted by Crippen LogP contribution is 2.23. The number of hydrogen-bond donors (Lipinski definition) is 0. The molecule has 0 aromatic carbocycles. The van der Waals surface area contributed by atoms with Gasteiger partial charge in [-0.15, -0.1) is 0 Å². The van der Waals surface area contributed by atoms with E-state index in [1.54, 1.807) is 14.2 Å². The van der Waals surface area contributed by atoms with Gasteiger partial charge < -0.3 is 22.1 Å². The molecule has 0 aromatic rings. The first-order valence-electron chi connectivity index (χ1n) is 9.95. The Morgan fingerprint density at radius 3 is 1.04 bits per heavy atom. The van der Waals surface area contributed by atoms with Crippen molar-refractivity contribution in [3.05, 3.63) is 0 Å². The monoisotopic (exact) mass is 428 g/mol. The van der Waals surface area contributed by atoms with Crippen molar-refractivity contribution in [1.82, 2.24) is 0 Å². The van der Waals surface area contributed by atoms with E-state index in [9.17, 15) is 0 Å². The lowest BCUT2D eigenvalue weighted by atomic mass is 10.6. The van der Waals surface area contributed by atoms with Crippen LogP contribution in [0.3, 0.4) is 0 Å². The van der Waals surface area contributed by atoms with Crippen molar-refractivity contribution in [1.29, 1.82) is 0 Å². The second-order valence-electron chi connectivity index (χ2n) is 7.56. The Hall–Kier alpha value is 0.451. The number of rotatable bonds is 11. The summed E-state index contributed by atoms with van der Waals surface area (Å²) in [5.74, 6) is 0. The molecule has 0 bridgehead atoms. The third kappa shape index (κ3) is 20.8. The van der Waals surface area contributed by atoms with Crippen LogP contribution in [0.4, 0.5) is 0 Å². The predicted molar refractivity (Wildman–Crippen MR) is 121 cm³/mol. The normalized spacial score (nSPS) is 12.0. The van der Waals surface area contributed by atoms with Crippen LogP contribution in [0.2, 0.25) is 44.8 Å². The largest absolute Gasteiger partial charge is 0.500 e. The predicted octanol–water partition coefficient (Wildman–Crippen LogP) is 5.77. The van der Waals surface area contributed by atoms with Crippen LogP contribution in [-0.2, 0) is 22.1 Å². The summed E-state index contributed by atoms with van der Waals surface area (Å²) in [6, 6.07) is 2.18. The Morgan fingerprint density at radius 1 is 0.577 bits per heavy atom. The Labute approximate surface area is 167 Å². The first-order chi connectivity index (χ1) is 11.9. The maximum Gasteiger partial charge on any atom is 0.500 e. The van der Waals surface area contributed by atoms with Gasteiger partial charge in [-0.3, -0.25) is 0 Å². The van der Waals surface area contributed by atoms with Gasteiger partial charge in [-0.05, 0) is 33.9 Å². The Bertz CT molecular complexity index is 274. The molecule has 0 aromatic heterocycles. The molecule has 0 amide bonds. The van der Waals surface area contributed by atoms with E-state index in [1.807, 2.05) is 33.9 Å². The minimum absolute atomic E-state index is 0.678. The van der Waals surface area contributed by atoms with E-state index in [1.165, 1.54) is 12.5 Å². The number of hydrogen-bond acceptors (Lipinski definition) is 5. The maximum absolute atomic E-state index is 5.82. The van der Waals surface area contributed by atoms with Gasteiger partial charge in [0.15, 0.2) is 0 Å². The first-order valence-corrected chi connectivity index (χ1v) is 18.4. The summed E-state index contributed by atoms with van der Waals surface area (Å²) < 4.78 is 27.5. The van der Waals surface area contributed by atoms with Gasteiger partial charge in [-0.2, -0.15) is 0 Å². The molecule has 0 saturated heterocycles. The van der Waals surface area contributed by atoms with Crippen LogP contribution in [-0.4, -0.2) is 59.5 Å². The van der Waals surface area contributed by atoms with Crippen molar-refractivity contribution < 1.29 is 22.1 Å². The third-order valence-corrected chi connectivity index (χ3v) is 10.5. The molecule has 0 fully saturated rings. The van der Waals surface area contributed by atoms with Crippen LogP contribution >= 0.6 is 0 Å². The van der Waals surface area contributed by atoms with Gasteiger partial charge in [0.05, 0.1) is 0 Å². The quantitative estimate of drug-likeness (QED) is 0.391. The molecule has 162 valence electrons. The van der Waals surface area contributed by atoms with Crippen molar-refractivity contribution in [3.63, 3.8) is 0 Å². The van der Waals surface area contributed by atoms with Crippen molar-refractivity contribution in [2.24, 2.45) is 0 Å². The van der Waals surface area contributed by atoms with Gasteiger partial charge in [0, 0.05) is 48.2 Å². The van der Waals surface area contributed by atoms with Crippen molar-refractivity contribution in [2.45, 2.75) is 85.9 Å². The maximum atomic E-state index is 5.82. The zero-order chi connectivity index (χ0) is 21.3. The van der Waals surface area contributed by atoms with E-state index >= 15 is 0 Å². The lowest BCUT2D eigenvalue weighted by Crippen LogP contribution is -2.47. The van der Waals surface area contributed by atoms with Crippen LogP contribution in [0, 0.1) is 0 Å². The van der Waals surface area contributed by atoms with Crippen molar-refractivity contribution in [3.8, 4) is 0 Å². The average Bonchev–Trinajstić information content (AvgIpc) is 2.54. The van der Waals surface area contributed by atoms with Gasteiger partial charge in [-0.25, -0.2) is 0 Å². The Balaban J connectivity index is -0.000000438. The molecule has 0 atom stereocenters. The fraction of sp³-hybridized carbons (Fsp3) is 1.00. The van der Waals surface area contributed by atoms with Crippen LogP contribution in [0.5, 0.6) is 0 Å². The molecule has 0 radical (unpaired) electrons. The molecule has 26 heavy (non-hydrogen) atoms. The molecule has 0 saturated carbocycles. The Morgan fingerprint density at radius 2 is 0.885 bits per heavy atom. The molecule has 5 nitrogen and oxygen atoms in total. The zero-order valence-corrected chi connectivity index (χ0v) is 22.8. The van der Waals surface area contributed by atoms with E-state index in [4.69, 9.17) is 22.1 Å². The zero-order valence-electron chi connectivity index (χ0n) is 19.8. The molecule has 0 spiro atoms. The lowest BCUT2D eigenvalue weighted by Gasteiger charge is -2.30. The lowest BCUT2D eigenvalue weighted by molar-refractivity contribution is 0.0725.